The van der Waals surface area contributed by atoms with Crippen LogP contribution in [-0.4, -0.2) is 78.8 Å². The summed E-state index contributed by atoms with van der Waals surface area (Å²) in [4.78, 5) is 37.2. The van der Waals surface area contributed by atoms with Gasteiger partial charge in [0.15, 0.2) is 27.2 Å². The van der Waals surface area contributed by atoms with Crippen molar-refractivity contribution < 1.29 is 41.7 Å². The number of halogens is 1. The topological polar surface area (TPSA) is 122 Å². The second-order valence-corrected chi connectivity index (χ2v) is 9.89. The van der Waals surface area contributed by atoms with Crippen LogP contribution in [0.2, 0.25) is 5.02 Å². The van der Waals surface area contributed by atoms with Crippen LogP contribution < -0.4 is 0 Å². The molecule has 1 fully saturated rings. The molecule has 0 heterocycles. The summed E-state index contributed by atoms with van der Waals surface area (Å²) in [5.41, 5.74) is 0.0318. The second-order valence-electron chi connectivity index (χ2n) is 7.53. The predicted molar refractivity (Wildman–Crippen MR) is 119 cm³/mol. The van der Waals surface area contributed by atoms with E-state index in [1.165, 1.54) is 12.1 Å². The van der Waals surface area contributed by atoms with E-state index in [-0.39, 0.29) is 53.7 Å². The van der Waals surface area contributed by atoms with Crippen molar-refractivity contribution in [3.63, 3.8) is 0 Å². The highest BCUT2D eigenvalue weighted by Gasteiger charge is 2.38. The molecule has 2 rings (SSSR count). The lowest BCUT2D eigenvalue weighted by molar-refractivity contribution is -0.133. The Morgan fingerprint density at radius 2 is 1.52 bits per heavy atom. The second kappa shape index (κ2) is 13.3. The highest BCUT2D eigenvalue weighted by Crippen LogP contribution is 2.32. The predicted octanol–water partition coefficient (Wildman–Crippen LogP) is 2.06. The Bertz CT molecular complexity index is 943. The molecule has 0 aromatic heterocycles. The third-order valence-electron chi connectivity index (χ3n) is 5.04. The summed E-state index contributed by atoms with van der Waals surface area (Å²) in [5.74, 6) is -3.00. The van der Waals surface area contributed by atoms with Gasteiger partial charge < -0.3 is 18.9 Å². The molecule has 0 bridgehead atoms. The zero-order valence-corrected chi connectivity index (χ0v) is 20.3. The van der Waals surface area contributed by atoms with Crippen LogP contribution in [0.25, 0.3) is 0 Å². The van der Waals surface area contributed by atoms with Gasteiger partial charge in [0.2, 0.25) is 0 Å². The molecule has 1 saturated carbocycles. The Morgan fingerprint density at radius 1 is 0.970 bits per heavy atom. The van der Waals surface area contributed by atoms with Gasteiger partial charge >= 0.3 is 0 Å². The number of Topliss-reactive ketones (excluding diaryl/α,β-unsaturated/α-hetero) is 3. The molecule has 0 atom stereocenters. The average Bonchev–Trinajstić information content (AvgIpc) is 2.74. The molecule has 1 aliphatic carbocycles. The molecule has 11 heteroatoms. The zero-order chi connectivity index (χ0) is 24.4. The van der Waals surface area contributed by atoms with Crippen LogP contribution in [0.3, 0.4) is 0 Å². The van der Waals surface area contributed by atoms with Gasteiger partial charge in [0.25, 0.3) is 0 Å². The average molecular weight is 505 g/mol. The van der Waals surface area contributed by atoms with E-state index in [9.17, 15) is 22.8 Å². The maximum atomic E-state index is 12.9. The third kappa shape index (κ3) is 7.94. The summed E-state index contributed by atoms with van der Waals surface area (Å²) in [6.45, 7) is 1.92. The molecule has 0 aliphatic heterocycles. The lowest BCUT2D eigenvalue weighted by Gasteiger charge is -2.20. The number of methoxy groups -OCH3 is 1. The Hall–Kier alpha value is -1.69. The van der Waals surface area contributed by atoms with Gasteiger partial charge in [-0.15, -0.1) is 0 Å². The van der Waals surface area contributed by atoms with Crippen LogP contribution in [0.15, 0.2) is 17.0 Å². The lowest BCUT2D eigenvalue weighted by Crippen LogP contribution is -2.35. The van der Waals surface area contributed by atoms with Gasteiger partial charge in [-0.2, -0.15) is 0 Å². The van der Waals surface area contributed by atoms with E-state index in [2.05, 4.69) is 0 Å². The minimum atomic E-state index is -3.67. The van der Waals surface area contributed by atoms with Crippen LogP contribution >= 0.6 is 11.6 Å². The number of ketones is 3. The SMILES string of the molecule is COCCOCCOCCOCc1c(S(C)(=O)=O)ccc(C(=O)C2C(=O)CCCC2=O)c1Cl. The molecule has 184 valence electrons. The smallest absolute Gasteiger partial charge is 0.182 e. The number of carbonyl (C=O) groups is 3. The number of ether oxygens (including phenoxy) is 4. The molecule has 1 aliphatic rings. The van der Waals surface area contributed by atoms with Crippen LogP contribution in [0, 0.1) is 5.92 Å². The summed E-state index contributed by atoms with van der Waals surface area (Å²) in [6, 6.07) is 2.49. The molecule has 0 spiro atoms. The van der Waals surface area contributed by atoms with Crippen molar-refractivity contribution >= 4 is 38.8 Å². The minimum absolute atomic E-state index is 0.0688. The molecule has 0 amide bonds. The van der Waals surface area contributed by atoms with Crippen molar-refractivity contribution in [1.29, 1.82) is 0 Å². The van der Waals surface area contributed by atoms with E-state index in [1.54, 1.807) is 7.11 Å². The summed E-state index contributed by atoms with van der Waals surface area (Å²) in [5, 5.41) is -0.137. The quantitative estimate of drug-likeness (QED) is 0.213. The van der Waals surface area contributed by atoms with E-state index >= 15 is 0 Å². The molecule has 1 aromatic rings. The fourth-order valence-corrected chi connectivity index (χ4v) is 4.68. The van der Waals surface area contributed by atoms with Crippen molar-refractivity contribution in [2.24, 2.45) is 5.92 Å². The molecule has 0 saturated heterocycles. The molecule has 0 N–H and O–H groups in total. The number of rotatable bonds is 14. The van der Waals surface area contributed by atoms with Crippen molar-refractivity contribution in [2.75, 3.05) is 53.0 Å². The number of hydrogen-bond donors (Lipinski definition) is 0. The van der Waals surface area contributed by atoms with Gasteiger partial charge in [0.1, 0.15) is 5.92 Å². The molecular formula is C22H29ClO9S. The maximum absolute atomic E-state index is 12.9. The molecule has 0 radical (unpaired) electrons. The van der Waals surface area contributed by atoms with E-state index < -0.39 is 33.1 Å². The fourth-order valence-electron chi connectivity index (χ4n) is 3.39. The van der Waals surface area contributed by atoms with Crippen molar-refractivity contribution in [2.45, 2.75) is 30.8 Å². The minimum Gasteiger partial charge on any atom is -0.382 e. The first-order valence-electron chi connectivity index (χ1n) is 10.5. The standard InChI is InChI=1S/C22H29ClO9S/c1-29-8-9-30-10-11-31-12-13-32-14-16-19(33(2,27)28)7-6-15(21(16)23)22(26)20-17(24)4-3-5-18(20)25/h6-7,20H,3-5,8-14H2,1-2H3. The first-order chi connectivity index (χ1) is 15.7. The van der Waals surface area contributed by atoms with E-state index in [0.29, 0.717) is 32.8 Å². The summed E-state index contributed by atoms with van der Waals surface area (Å²) in [6.07, 6.45) is 1.73. The van der Waals surface area contributed by atoms with Gasteiger partial charge in [-0.05, 0) is 18.6 Å². The molecular weight excluding hydrogens is 476 g/mol. The van der Waals surface area contributed by atoms with E-state index in [4.69, 9.17) is 30.5 Å². The molecule has 0 unspecified atom stereocenters. The highest BCUT2D eigenvalue weighted by molar-refractivity contribution is 7.90. The van der Waals surface area contributed by atoms with Gasteiger partial charge in [0, 0.05) is 37.3 Å². The van der Waals surface area contributed by atoms with Crippen molar-refractivity contribution in [3.8, 4) is 0 Å². The number of sulfone groups is 1. The number of benzene rings is 1. The molecule has 9 nitrogen and oxygen atoms in total. The van der Waals surface area contributed by atoms with Crippen LogP contribution in [0.5, 0.6) is 0 Å². The third-order valence-corrected chi connectivity index (χ3v) is 6.65. The Morgan fingerprint density at radius 3 is 2.06 bits per heavy atom. The summed E-state index contributed by atoms with van der Waals surface area (Å²) in [7, 11) is -2.09. The highest BCUT2D eigenvalue weighted by atomic mass is 35.5. The Balaban J connectivity index is 2.06. The maximum Gasteiger partial charge on any atom is 0.182 e. The first kappa shape index (κ1) is 27.6. The lowest BCUT2D eigenvalue weighted by atomic mass is 9.81. The Kier molecular flexibility index (Phi) is 11.1. The van der Waals surface area contributed by atoms with Crippen molar-refractivity contribution in [3.05, 3.63) is 28.3 Å². The molecule has 1 aromatic carbocycles. The number of hydrogen-bond acceptors (Lipinski definition) is 9. The summed E-state index contributed by atoms with van der Waals surface area (Å²) < 4.78 is 45.5. The largest absolute Gasteiger partial charge is 0.382 e. The Labute approximate surface area is 198 Å². The fraction of sp³-hybridized carbons (Fsp3) is 0.591. The van der Waals surface area contributed by atoms with Crippen LogP contribution in [-0.2, 0) is 45.0 Å². The van der Waals surface area contributed by atoms with E-state index in [0.717, 1.165) is 6.26 Å². The van der Waals surface area contributed by atoms with Gasteiger partial charge in [-0.1, -0.05) is 11.6 Å². The van der Waals surface area contributed by atoms with Crippen molar-refractivity contribution in [1.82, 2.24) is 0 Å². The normalized spacial score (nSPS) is 15.2. The van der Waals surface area contributed by atoms with Gasteiger partial charge in [-0.3, -0.25) is 14.4 Å². The van der Waals surface area contributed by atoms with E-state index in [1.807, 2.05) is 0 Å². The van der Waals surface area contributed by atoms with Gasteiger partial charge in [-0.25, -0.2) is 8.42 Å². The zero-order valence-electron chi connectivity index (χ0n) is 18.8. The summed E-state index contributed by atoms with van der Waals surface area (Å²) >= 11 is 6.41. The number of carbonyl (C=O) groups excluding carboxylic acids is 3. The first-order valence-corrected chi connectivity index (χ1v) is 12.8. The van der Waals surface area contributed by atoms with Crippen LogP contribution in [0.1, 0.15) is 35.2 Å². The van der Waals surface area contributed by atoms with Crippen LogP contribution in [0.4, 0.5) is 0 Å². The van der Waals surface area contributed by atoms with Gasteiger partial charge in [0.05, 0.1) is 56.2 Å². The molecule has 33 heavy (non-hydrogen) atoms. The monoisotopic (exact) mass is 504 g/mol.